The van der Waals surface area contributed by atoms with Crippen molar-refractivity contribution in [3.8, 4) is 0 Å². The Morgan fingerprint density at radius 3 is 2.00 bits per heavy atom. The molecule has 1 N–H and O–H groups in total. The Morgan fingerprint density at radius 1 is 1.00 bits per heavy atom. The average Bonchev–Trinajstić information content (AvgIpc) is 2.46. The number of nitrogens with zero attached hydrogens (tertiary/aromatic N) is 2. The molecule has 0 spiro atoms. The van der Waals surface area contributed by atoms with E-state index in [1.165, 1.54) is 0 Å². The molecule has 2 amide bonds. The van der Waals surface area contributed by atoms with Crippen molar-refractivity contribution in [1.82, 2.24) is 9.80 Å². The van der Waals surface area contributed by atoms with E-state index in [1.807, 2.05) is 19.0 Å². The average molecular weight is 305 g/mol. The smallest absolute Gasteiger partial charge is 0.253 e. The Labute approximate surface area is 133 Å². The Kier molecular flexibility index (Phi) is 7.60. The highest BCUT2D eigenvalue weighted by Crippen LogP contribution is 2.12. The molecule has 0 aliphatic heterocycles. The van der Waals surface area contributed by atoms with Crippen molar-refractivity contribution in [2.24, 2.45) is 0 Å². The van der Waals surface area contributed by atoms with Crippen LogP contribution in [0.3, 0.4) is 0 Å². The van der Waals surface area contributed by atoms with E-state index in [0.29, 0.717) is 17.8 Å². The highest BCUT2D eigenvalue weighted by molar-refractivity contribution is 5.96. The van der Waals surface area contributed by atoms with Crippen molar-refractivity contribution in [1.29, 1.82) is 0 Å². The van der Waals surface area contributed by atoms with Crippen LogP contribution < -0.4 is 5.32 Å². The van der Waals surface area contributed by atoms with Gasteiger partial charge >= 0.3 is 0 Å². The van der Waals surface area contributed by atoms with Crippen molar-refractivity contribution >= 4 is 17.5 Å². The van der Waals surface area contributed by atoms with E-state index in [9.17, 15) is 9.59 Å². The minimum atomic E-state index is -0.0670. The molecule has 0 atom stereocenters. The largest absolute Gasteiger partial charge is 0.339 e. The van der Waals surface area contributed by atoms with Crippen LogP contribution in [-0.2, 0) is 4.79 Å². The fourth-order valence-electron chi connectivity index (χ4n) is 2.22. The summed E-state index contributed by atoms with van der Waals surface area (Å²) in [7, 11) is 3.69. The Morgan fingerprint density at radius 2 is 1.55 bits per heavy atom. The first kappa shape index (κ1) is 18.2. The minimum Gasteiger partial charge on any atom is -0.339 e. The molecule has 5 heteroatoms. The third-order valence-corrected chi connectivity index (χ3v) is 3.15. The molecule has 0 fully saturated rings. The number of carbonyl (C=O) groups is 2. The minimum absolute atomic E-state index is 0.0508. The number of amides is 2. The lowest BCUT2D eigenvalue weighted by Gasteiger charge is -2.21. The summed E-state index contributed by atoms with van der Waals surface area (Å²) in [6.07, 6.45) is 1.90. The maximum absolute atomic E-state index is 12.4. The van der Waals surface area contributed by atoms with Gasteiger partial charge in [0.1, 0.15) is 0 Å². The van der Waals surface area contributed by atoms with Gasteiger partial charge in [-0.15, -0.1) is 0 Å². The zero-order valence-corrected chi connectivity index (χ0v) is 14.1. The van der Waals surface area contributed by atoms with Gasteiger partial charge in [-0.3, -0.25) is 9.59 Å². The summed E-state index contributed by atoms with van der Waals surface area (Å²) in [6.45, 7) is 6.02. The predicted octanol–water partition coefficient (Wildman–Crippen LogP) is 2.45. The Bertz CT molecular complexity index is 477. The van der Waals surface area contributed by atoms with Gasteiger partial charge in [0, 0.05) is 24.3 Å². The summed E-state index contributed by atoms with van der Waals surface area (Å²) in [5.74, 6) is -0.0162. The first-order chi connectivity index (χ1) is 10.5. The van der Waals surface area contributed by atoms with Crippen LogP contribution in [-0.4, -0.2) is 55.3 Å². The van der Waals surface area contributed by atoms with Crippen LogP contribution in [0.15, 0.2) is 24.3 Å². The molecule has 0 radical (unpaired) electrons. The van der Waals surface area contributed by atoms with Crippen LogP contribution in [0.1, 0.15) is 37.0 Å². The molecule has 0 aromatic heterocycles. The number of benzene rings is 1. The summed E-state index contributed by atoms with van der Waals surface area (Å²) in [4.78, 5) is 27.8. The Hall–Kier alpha value is -1.88. The molecule has 1 aromatic rings. The van der Waals surface area contributed by atoms with Gasteiger partial charge in [0.15, 0.2) is 0 Å². The molecule has 122 valence electrons. The second-order valence-corrected chi connectivity index (χ2v) is 5.66. The third-order valence-electron chi connectivity index (χ3n) is 3.15. The van der Waals surface area contributed by atoms with Crippen molar-refractivity contribution in [2.75, 3.05) is 39.0 Å². The lowest BCUT2D eigenvalue weighted by molar-refractivity contribution is -0.116. The van der Waals surface area contributed by atoms with Gasteiger partial charge in [0.2, 0.25) is 5.91 Å². The molecule has 5 nitrogen and oxygen atoms in total. The summed E-state index contributed by atoms with van der Waals surface area (Å²) < 4.78 is 0. The van der Waals surface area contributed by atoms with E-state index >= 15 is 0 Å². The number of likely N-dealkylation sites (N-methyl/N-ethyl adjacent to an activating group) is 1. The summed E-state index contributed by atoms with van der Waals surface area (Å²) in [5, 5.41) is 2.81. The molecule has 1 aromatic carbocycles. The summed E-state index contributed by atoms with van der Waals surface area (Å²) in [5.41, 5.74) is 1.37. The molecule has 0 saturated heterocycles. The Balaban J connectivity index is 2.70. The number of anilines is 1. The first-order valence-electron chi connectivity index (χ1n) is 7.81. The molecule has 0 bridgehead atoms. The SMILES string of the molecule is CCCN(CCC)C(=O)c1ccc(NC(=O)CN(C)C)cc1. The molecule has 22 heavy (non-hydrogen) atoms. The van der Waals surface area contributed by atoms with Gasteiger partial charge in [-0.05, 0) is 51.2 Å². The molecule has 0 aliphatic rings. The molecule has 0 saturated carbocycles. The maximum Gasteiger partial charge on any atom is 0.253 e. The summed E-state index contributed by atoms with van der Waals surface area (Å²) in [6, 6.07) is 7.09. The second-order valence-electron chi connectivity index (χ2n) is 5.66. The highest BCUT2D eigenvalue weighted by atomic mass is 16.2. The fourth-order valence-corrected chi connectivity index (χ4v) is 2.22. The number of rotatable bonds is 8. The maximum atomic E-state index is 12.4. The lowest BCUT2D eigenvalue weighted by atomic mass is 10.1. The quantitative estimate of drug-likeness (QED) is 0.802. The van der Waals surface area contributed by atoms with E-state index in [2.05, 4.69) is 19.2 Å². The number of carbonyl (C=O) groups excluding carboxylic acids is 2. The highest BCUT2D eigenvalue weighted by Gasteiger charge is 2.14. The van der Waals surface area contributed by atoms with E-state index in [0.717, 1.165) is 25.9 Å². The van der Waals surface area contributed by atoms with Gasteiger partial charge in [0.05, 0.1) is 6.54 Å². The molecule has 0 aliphatic carbocycles. The van der Waals surface area contributed by atoms with Gasteiger partial charge < -0.3 is 15.1 Å². The van der Waals surface area contributed by atoms with E-state index in [1.54, 1.807) is 29.2 Å². The standard InChI is InChI=1S/C17H27N3O2/c1-5-11-20(12-6-2)17(22)14-7-9-15(10-8-14)18-16(21)13-19(3)4/h7-10H,5-6,11-13H2,1-4H3,(H,18,21). The van der Waals surface area contributed by atoms with Crippen molar-refractivity contribution in [3.63, 3.8) is 0 Å². The zero-order chi connectivity index (χ0) is 16.5. The normalized spacial score (nSPS) is 10.6. The van der Waals surface area contributed by atoms with Gasteiger partial charge in [-0.25, -0.2) is 0 Å². The topological polar surface area (TPSA) is 52.7 Å². The van der Waals surface area contributed by atoms with Crippen LogP contribution in [0.25, 0.3) is 0 Å². The molecule has 0 heterocycles. The monoisotopic (exact) mass is 305 g/mol. The van der Waals surface area contributed by atoms with Crippen LogP contribution >= 0.6 is 0 Å². The molecular formula is C17H27N3O2. The van der Waals surface area contributed by atoms with E-state index < -0.39 is 0 Å². The number of nitrogens with one attached hydrogen (secondary N) is 1. The van der Waals surface area contributed by atoms with E-state index in [4.69, 9.17) is 0 Å². The van der Waals surface area contributed by atoms with Crippen molar-refractivity contribution < 1.29 is 9.59 Å². The van der Waals surface area contributed by atoms with Crippen LogP contribution in [0, 0.1) is 0 Å². The molecule has 0 unspecified atom stereocenters. The van der Waals surface area contributed by atoms with Gasteiger partial charge in [-0.1, -0.05) is 13.8 Å². The second kappa shape index (κ2) is 9.20. The van der Waals surface area contributed by atoms with Crippen LogP contribution in [0.4, 0.5) is 5.69 Å². The van der Waals surface area contributed by atoms with Crippen molar-refractivity contribution in [3.05, 3.63) is 29.8 Å². The van der Waals surface area contributed by atoms with Crippen molar-refractivity contribution in [2.45, 2.75) is 26.7 Å². The number of hydrogen-bond donors (Lipinski definition) is 1. The third kappa shape index (κ3) is 5.85. The molecular weight excluding hydrogens is 278 g/mol. The predicted molar refractivity (Wildman–Crippen MR) is 90.1 cm³/mol. The molecule has 1 rings (SSSR count). The number of hydrogen-bond acceptors (Lipinski definition) is 3. The van der Waals surface area contributed by atoms with E-state index in [-0.39, 0.29) is 11.8 Å². The summed E-state index contributed by atoms with van der Waals surface area (Å²) >= 11 is 0. The van der Waals surface area contributed by atoms with Gasteiger partial charge in [-0.2, -0.15) is 0 Å². The van der Waals surface area contributed by atoms with Crippen LogP contribution in [0.5, 0.6) is 0 Å². The fraction of sp³-hybridized carbons (Fsp3) is 0.529. The zero-order valence-electron chi connectivity index (χ0n) is 14.1. The lowest BCUT2D eigenvalue weighted by Crippen LogP contribution is -2.32. The van der Waals surface area contributed by atoms with Gasteiger partial charge in [0.25, 0.3) is 5.91 Å². The van der Waals surface area contributed by atoms with Crippen LogP contribution in [0.2, 0.25) is 0 Å². The first-order valence-corrected chi connectivity index (χ1v) is 7.81.